The van der Waals surface area contributed by atoms with Crippen LogP contribution in [0.4, 0.5) is 11.4 Å². The summed E-state index contributed by atoms with van der Waals surface area (Å²) in [6.45, 7) is 2.47. The van der Waals surface area contributed by atoms with Crippen LogP contribution in [-0.4, -0.2) is 17.6 Å². The zero-order chi connectivity index (χ0) is 15.9. The summed E-state index contributed by atoms with van der Waals surface area (Å²) in [6.07, 6.45) is 0.921. The number of hydrogen-bond acceptors (Lipinski definition) is 4. The molecule has 0 heterocycles. The van der Waals surface area contributed by atoms with Crippen LogP contribution in [0, 0.1) is 0 Å². The lowest BCUT2D eigenvalue weighted by Crippen LogP contribution is -2.12. The molecule has 2 rings (SSSR count). The van der Waals surface area contributed by atoms with Crippen LogP contribution in [0.2, 0.25) is 0 Å². The Hall–Kier alpha value is -2.69. The Labute approximate surface area is 129 Å². The molecule has 0 spiro atoms. The summed E-state index contributed by atoms with van der Waals surface area (Å²) in [4.78, 5) is 11.9. The van der Waals surface area contributed by atoms with Crippen LogP contribution >= 0.6 is 0 Å². The molecular formula is C17H20N2O3. The molecule has 0 aliphatic carbocycles. The van der Waals surface area contributed by atoms with E-state index in [9.17, 15) is 9.90 Å². The number of aryl methyl sites for hydroxylation is 1. The molecule has 2 aromatic rings. The lowest BCUT2D eigenvalue weighted by atomic mass is 10.1. The predicted molar refractivity (Wildman–Crippen MR) is 87.1 cm³/mol. The fraction of sp³-hybridized carbons (Fsp3) is 0.235. The van der Waals surface area contributed by atoms with Gasteiger partial charge in [-0.25, -0.2) is 0 Å². The highest BCUT2D eigenvalue weighted by atomic mass is 16.5. The van der Waals surface area contributed by atoms with Crippen LogP contribution in [0.3, 0.4) is 0 Å². The van der Waals surface area contributed by atoms with Crippen molar-refractivity contribution in [2.75, 3.05) is 17.7 Å². The quantitative estimate of drug-likeness (QED) is 0.716. The maximum absolute atomic E-state index is 11.9. The first-order valence-corrected chi connectivity index (χ1v) is 7.18. The van der Waals surface area contributed by atoms with Crippen molar-refractivity contribution >= 4 is 17.3 Å². The van der Waals surface area contributed by atoms with E-state index >= 15 is 0 Å². The van der Waals surface area contributed by atoms with Crippen LogP contribution in [0.1, 0.15) is 18.9 Å². The van der Waals surface area contributed by atoms with Gasteiger partial charge in [-0.3, -0.25) is 4.79 Å². The summed E-state index contributed by atoms with van der Waals surface area (Å²) in [6, 6.07) is 12.0. The van der Waals surface area contributed by atoms with E-state index in [0.717, 1.165) is 5.56 Å². The highest BCUT2D eigenvalue weighted by Crippen LogP contribution is 2.23. The second-order valence-electron chi connectivity index (χ2n) is 4.90. The lowest BCUT2D eigenvalue weighted by Gasteiger charge is -2.09. The molecule has 0 saturated carbocycles. The molecule has 116 valence electrons. The number of carbonyl (C=O) groups is 1. The van der Waals surface area contributed by atoms with E-state index in [4.69, 9.17) is 10.5 Å². The number of carbonyl (C=O) groups excluding carboxylic acids is 1. The van der Waals surface area contributed by atoms with Crippen molar-refractivity contribution in [3.8, 4) is 11.5 Å². The van der Waals surface area contributed by atoms with E-state index in [1.807, 2.05) is 25.1 Å². The van der Waals surface area contributed by atoms with E-state index in [2.05, 4.69) is 5.32 Å². The largest absolute Gasteiger partial charge is 0.508 e. The maximum Gasteiger partial charge on any atom is 0.224 e. The van der Waals surface area contributed by atoms with Crippen molar-refractivity contribution in [1.29, 1.82) is 0 Å². The van der Waals surface area contributed by atoms with Gasteiger partial charge in [0.25, 0.3) is 0 Å². The van der Waals surface area contributed by atoms with Gasteiger partial charge in [-0.1, -0.05) is 12.1 Å². The van der Waals surface area contributed by atoms with Crippen molar-refractivity contribution < 1.29 is 14.6 Å². The van der Waals surface area contributed by atoms with Gasteiger partial charge in [-0.2, -0.15) is 0 Å². The maximum atomic E-state index is 11.9. The van der Waals surface area contributed by atoms with Gasteiger partial charge in [0, 0.05) is 18.2 Å². The Morgan fingerprint density at radius 1 is 1.27 bits per heavy atom. The van der Waals surface area contributed by atoms with Crippen molar-refractivity contribution in [3.05, 3.63) is 48.0 Å². The number of aromatic hydroxyl groups is 1. The van der Waals surface area contributed by atoms with Gasteiger partial charge < -0.3 is 20.9 Å². The average molecular weight is 300 g/mol. The smallest absolute Gasteiger partial charge is 0.224 e. The van der Waals surface area contributed by atoms with E-state index in [0.29, 0.717) is 36.6 Å². The van der Waals surface area contributed by atoms with Crippen LogP contribution in [-0.2, 0) is 11.2 Å². The number of nitrogen functional groups attached to an aromatic ring is 1. The fourth-order valence-electron chi connectivity index (χ4n) is 2.11. The van der Waals surface area contributed by atoms with Gasteiger partial charge >= 0.3 is 0 Å². The van der Waals surface area contributed by atoms with E-state index in [-0.39, 0.29) is 11.7 Å². The first-order valence-electron chi connectivity index (χ1n) is 7.18. The molecule has 0 unspecified atom stereocenters. The molecule has 5 nitrogen and oxygen atoms in total. The van der Waals surface area contributed by atoms with Gasteiger partial charge in [-0.05, 0) is 43.2 Å². The summed E-state index contributed by atoms with van der Waals surface area (Å²) in [5.41, 5.74) is 8.04. The van der Waals surface area contributed by atoms with Gasteiger partial charge in [-0.15, -0.1) is 0 Å². The molecule has 0 aromatic heterocycles. The first-order chi connectivity index (χ1) is 10.6. The van der Waals surface area contributed by atoms with Crippen molar-refractivity contribution in [1.82, 2.24) is 0 Å². The van der Waals surface area contributed by atoms with Gasteiger partial charge in [0.2, 0.25) is 5.91 Å². The Morgan fingerprint density at radius 2 is 2.09 bits per heavy atom. The highest BCUT2D eigenvalue weighted by Gasteiger charge is 2.06. The molecule has 0 aliphatic heterocycles. The number of phenols is 1. The fourth-order valence-corrected chi connectivity index (χ4v) is 2.11. The minimum atomic E-state index is -0.113. The van der Waals surface area contributed by atoms with Crippen LogP contribution in [0.25, 0.3) is 0 Å². The summed E-state index contributed by atoms with van der Waals surface area (Å²) < 4.78 is 5.38. The SMILES string of the molecule is CCOc1ccc(CCC(=O)Nc2cccc(O)c2)cc1N. The van der Waals surface area contributed by atoms with Crippen LogP contribution < -0.4 is 15.8 Å². The molecule has 22 heavy (non-hydrogen) atoms. The topological polar surface area (TPSA) is 84.6 Å². The number of phenolic OH excluding ortho intramolecular Hbond substituents is 1. The Bertz CT molecular complexity index is 656. The molecule has 4 N–H and O–H groups in total. The molecule has 0 aliphatic rings. The van der Waals surface area contributed by atoms with E-state index < -0.39 is 0 Å². The molecule has 0 bridgehead atoms. The Kier molecular flexibility index (Phi) is 5.25. The van der Waals surface area contributed by atoms with Crippen LogP contribution in [0.5, 0.6) is 11.5 Å². The van der Waals surface area contributed by atoms with E-state index in [1.165, 1.54) is 6.07 Å². The lowest BCUT2D eigenvalue weighted by molar-refractivity contribution is -0.116. The average Bonchev–Trinajstić information content (AvgIpc) is 2.48. The van der Waals surface area contributed by atoms with Crippen molar-refractivity contribution in [3.63, 3.8) is 0 Å². The van der Waals surface area contributed by atoms with Crippen molar-refractivity contribution in [2.45, 2.75) is 19.8 Å². The normalized spacial score (nSPS) is 10.2. The Balaban J connectivity index is 1.89. The number of nitrogens with one attached hydrogen (secondary N) is 1. The van der Waals surface area contributed by atoms with Gasteiger partial charge in [0.1, 0.15) is 11.5 Å². The first kappa shape index (κ1) is 15.7. The molecule has 0 fully saturated rings. The number of anilines is 2. The molecule has 5 heteroatoms. The number of hydrogen-bond donors (Lipinski definition) is 3. The summed E-state index contributed by atoms with van der Waals surface area (Å²) in [5, 5.41) is 12.1. The van der Waals surface area contributed by atoms with Gasteiger partial charge in [0.05, 0.1) is 12.3 Å². The second-order valence-corrected chi connectivity index (χ2v) is 4.90. The third-order valence-corrected chi connectivity index (χ3v) is 3.14. The molecule has 2 aromatic carbocycles. The van der Waals surface area contributed by atoms with E-state index in [1.54, 1.807) is 18.2 Å². The zero-order valence-corrected chi connectivity index (χ0v) is 12.5. The summed E-state index contributed by atoms with van der Waals surface area (Å²) in [5.74, 6) is 0.672. The minimum absolute atomic E-state index is 0.113. The Morgan fingerprint density at radius 3 is 2.77 bits per heavy atom. The highest BCUT2D eigenvalue weighted by molar-refractivity contribution is 5.91. The summed E-state index contributed by atoms with van der Waals surface area (Å²) in [7, 11) is 0. The van der Waals surface area contributed by atoms with Crippen molar-refractivity contribution in [2.24, 2.45) is 0 Å². The zero-order valence-electron chi connectivity index (χ0n) is 12.5. The minimum Gasteiger partial charge on any atom is -0.508 e. The number of ether oxygens (including phenoxy) is 1. The standard InChI is InChI=1S/C17H20N2O3/c1-2-22-16-8-6-12(10-15(16)18)7-9-17(21)19-13-4-3-5-14(20)11-13/h3-6,8,10-11,20H,2,7,9,18H2,1H3,(H,19,21). The molecular weight excluding hydrogens is 280 g/mol. The third-order valence-electron chi connectivity index (χ3n) is 3.14. The molecule has 1 amide bonds. The third kappa shape index (κ3) is 4.41. The number of amides is 1. The monoisotopic (exact) mass is 300 g/mol. The molecule has 0 saturated heterocycles. The van der Waals surface area contributed by atoms with Gasteiger partial charge in [0.15, 0.2) is 0 Å². The predicted octanol–water partition coefficient (Wildman–Crippen LogP) is 2.94. The number of benzene rings is 2. The summed E-state index contributed by atoms with van der Waals surface area (Å²) >= 11 is 0. The molecule has 0 radical (unpaired) electrons. The van der Waals surface area contributed by atoms with Crippen LogP contribution in [0.15, 0.2) is 42.5 Å². The number of nitrogens with two attached hydrogens (primary N) is 1. The second kappa shape index (κ2) is 7.36. The number of rotatable bonds is 6. The molecule has 0 atom stereocenters.